The van der Waals surface area contributed by atoms with Gasteiger partial charge in [0.1, 0.15) is 24.1 Å². The van der Waals surface area contributed by atoms with Crippen LogP contribution in [0.4, 0.5) is 5.82 Å². The highest BCUT2D eigenvalue weighted by Crippen LogP contribution is 2.42. The van der Waals surface area contributed by atoms with E-state index in [2.05, 4.69) is 20.4 Å². The quantitative estimate of drug-likeness (QED) is 0.127. The van der Waals surface area contributed by atoms with Crippen LogP contribution in [0, 0.1) is 0 Å². The van der Waals surface area contributed by atoms with Gasteiger partial charge >= 0.3 is 7.60 Å². The number of nitrogens with zero attached hydrogens (tertiary/aromatic N) is 4. The largest absolute Gasteiger partial charge is 0.394 e. The number of aliphatic hydroxyl groups excluding tert-OH is 3. The third-order valence-electron chi connectivity index (χ3n) is 6.02. The summed E-state index contributed by atoms with van der Waals surface area (Å²) in [7, 11) is -4.71. The molecule has 4 rings (SSSR count). The van der Waals surface area contributed by atoms with Gasteiger partial charge in [-0.25, -0.2) is 4.68 Å². The van der Waals surface area contributed by atoms with Gasteiger partial charge in [0.05, 0.1) is 38.0 Å². The Kier molecular flexibility index (Phi) is 8.59. The van der Waals surface area contributed by atoms with Gasteiger partial charge in [0, 0.05) is 6.04 Å². The first-order valence-corrected chi connectivity index (χ1v) is 13.3. The number of halogens is 1. The highest BCUT2D eigenvalue weighted by Gasteiger charge is 2.46. The number of fused-ring (bicyclic) bond motifs is 1. The lowest BCUT2D eigenvalue weighted by atomic mass is 10.1. The normalized spacial score (nSPS) is 26.6. The predicted molar refractivity (Wildman–Crippen MR) is 122 cm³/mol. The molecule has 3 heterocycles. The summed E-state index contributed by atoms with van der Waals surface area (Å²) in [6, 6.07) is 0.257. The number of hydrogen-bond acceptors (Lipinski definition) is 11. The van der Waals surface area contributed by atoms with Crippen LogP contribution in [-0.4, -0.2) is 101 Å². The van der Waals surface area contributed by atoms with Crippen molar-refractivity contribution >= 4 is 36.0 Å². The Morgan fingerprint density at radius 1 is 1.26 bits per heavy atom. The molecule has 2 aliphatic rings. The van der Waals surface area contributed by atoms with Crippen molar-refractivity contribution in [1.82, 2.24) is 19.7 Å². The molecule has 2 aromatic heterocycles. The van der Waals surface area contributed by atoms with Crippen LogP contribution in [0.3, 0.4) is 0 Å². The zero-order valence-corrected chi connectivity index (χ0v) is 20.3. The highest BCUT2D eigenvalue weighted by atomic mass is 35.5. The van der Waals surface area contributed by atoms with Gasteiger partial charge in [-0.2, -0.15) is 15.1 Å². The van der Waals surface area contributed by atoms with Gasteiger partial charge in [-0.15, -0.1) is 0 Å². The zero-order chi connectivity index (χ0) is 25.2. The van der Waals surface area contributed by atoms with Gasteiger partial charge in [0.2, 0.25) is 5.28 Å². The van der Waals surface area contributed by atoms with Gasteiger partial charge in [-0.3, -0.25) is 4.57 Å². The van der Waals surface area contributed by atoms with E-state index < -0.39 is 51.2 Å². The highest BCUT2D eigenvalue weighted by molar-refractivity contribution is 7.52. The molecule has 2 aromatic rings. The lowest BCUT2D eigenvalue weighted by Gasteiger charge is -2.22. The average molecular weight is 538 g/mol. The number of aliphatic hydroxyl groups is 3. The fraction of sp³-hybridized carbons (Fsp3) is 0.737. The Hall–Kier alpha value is -1.45. The molecule has 0 spiro atoms. The number of rotatable bonds is 11. The number of aromatic nitrogens is 4. The third-order valence-corrected chi connectivity index (χ3v) is 7.24. The van der Waals surface area contributed by atoms with E-state index in [1.165, 1.54) is 10.9 Å². The van der Waals surface area contributed by atoms with Crippen molar-refractivity contribution in [2.24, 2.45) is 0 Å². The summed E-state index contributed by atoms with van der Waals surface area (Å²) in [5, 5.41) is 38.1. The molecule has 14 nitrogen and oxygen atoms in total. The van der Waals surface area contributed by atoms with Gasteiger partial charge in [0.15, 0.2) is 17.7 Å². The minimum Gasteiger partial charge on any atom is -0.394 e. The van der Waals surface area contributed by atoms with Gasteiger partial charge < -0.3 is 44.6 Å². The Bertz CT molecular complexity index is 1050. The summed E-state index contributed by atoms with van der Waals surface area (Å²) in [5.74, 6) is -1.12. The van der Waals surface area contributed by atoms with E-state index in [1.807, 2.05) is 0 Å². The summed E-state index contributed by atoms with van der Waals surface area (Å²) >= 11 is 6.14. The topological polar surface area (TPSA) is 202 Å². The van der Waals surface area contributed by atoms with Gasteiger partial charge in [-0.1, -0.05) is 12.8 Å². The van der Waals surface area contributed by atoms with Crippen LogP contribution in [0.25, 0.3) is 11.0 Å². The average Bonchev–Trinajstić information content (AvgIpc) is 3.51. The molecule has 2 fully saturated rings. The molecular formula is C19H29ClN5O9P. The fourth-order valence-corrected chi connectivity index (χ4v) is 4.97. The second kappa shape index (κ2) is 11.3. The molecule has 1 aliphatic carbocycles. The molecule has 0 aromatic carbocycles. The smallest absolute Gasteiger partial charge is 0.356 e. The van der Waals surface area contributed by atoms with E-state index in [1.54, 1.807) is 0 Å². The van der Waals surface area contributed by atoms with Crippen molar-refractivity contribution in [3.63, 3.8) is 0 Å². The van der Waals surface area contributed by atoms with Crippen molar-refractivity contribution < 1.29 is 43.9 Å². The summed E-state index contributed by atoms with van der Waals surface area (Å²) < 4.78 is 29.0. The van der Waals surface area contributed by atoms with E-state index in [0.717, 1.165) is 25.7 Å². The minimum atomic E-state index is -4.71. The number of hydrogen-bond donors (Lipinski definition) is 6. The van der Waals surface area contributed by atoms with Gasteiger partial charge in [-0.05, 0) is 24.4 Å². The molecule has 1 unspecified atom stereocenters. The number of nitrogens with one attached hydrogen (secondary N) is 1. The molecule has 1 aliphatic heterocycles. The van der Waals surface area contributed by atoms with E-state index in [9.17, 15) is 24.6 Å². The van der Waals surface area contributed by atoms with Crippen LogP contribution < -0.4 is 5.32 Å². The lowest BCUT2D eigenvalue weighted by molar-refractivity contribution is -0.0855. The van der Waals surface area contributed by atoms with Gasteiger partial charge in [0.25, 0.3) is 0 Å². The van der Waals surface area contributed by atoms with E-state index in [4.69, 9.17) is 30.9 Å². The number of ether oxygens (including phenoxy) is 3. The predicted octanol–water partition coefficient (Wildman–Crippen LogP) is -0.0173. The maximum atomic E-state index is 11.7. The summed E-state index contributed by atoms with van der Waals surface area (Å²) in [6.07, 6.45) is 0.603. The fourth-order valence-electron chi connectivity index (χ4n) is 4.22. The van der Waals surface area contributed by atoms with Crippen LogP contribution in [-0.2, 0) is 18.8 Å². The first kappa shape index (κ1) is 26.6. The molecule has 196 valence electrons. The monoisotopic (exact) mass is 537 g/mol. The maximum Gasteiger partial charge on any atom is 0.356 e. The first-order valence-electron chi connectivity index (χ1n) is 11.2. The molecular weight excluding hydrogens is 509 g/mol. The Morgan fingerprint density at radius 2 is 2.00 bits per heavy atom. The molecule has 0 radical (unpaired) electrons. The van der Waals surface area contributed by atoms with E-state index in [0.29, 0.717) is 11.2 Å². The molecule has 5 atom stereocenters. The second-order valence-electron chi connectivity index (χ2n) is 8.52. The van der Waals surface area contributed by atoms with Crippen LogP contribution in [0.15, 0.2) is 6.20 Å². The Balaban J connectivity index is 1.49. The van der Waals surface area contributed by atoms with Crippen molar-refractivity contribution in [1.29, 1.82) is 0 Å². The Labute approximate surface area is 205 Å². The van der Waals surface area contributed by atoms with Crippen molar-refractivity contribution in [3.8, 4) is 0 Å². The van der Waals surface area contributed by atoms with E-state index >= 15 is 0 Å². The summed E-state index contributed by atoms with van der Waals surface area (Å²) in [4.78, 5) is 27.5. The SMILES string of the molecule is O=P(O)(O)C(COCCO)OC[C@H]1O[C@@H](n2ncc3c(NC4CCCC4)nc(Cl)nc32)[C@H](O)[C@@H]1O. The number of anilines is 1. The van der Waals surface area contributed by atoms with Crippen LogP contribution >= 0.6 is 19.2 Å². The molecule has 1 saturated heterocycles. The summed E-state index contributed by atoms with van der Waals surface area (Å²) in [6.45, 7) is -1.38. The molecule has 16 heteroatoms. The third kappa shape index (κ3) is 6.10. The zero-order valence-electron chi connectivity index (χ0n) is 18.7. The molecule has 0 bridgehead atoms. The lowest BCUT2D eigenvalue weighted by Crippen LogP contribution is -2.35. The minimum absolute atomic E-state index is 0.0277. The van der Waals surface area contributed by atoms with Crippen LogP contribution in [0.1, 0.15) is 31.9 Å². The second-order valence-corrected chi connectivity index (χ2v) is 10.6. The molecule has 6 N–H and O–H groups in total. The van der Waals surface area contributed by atoms with Crippen molar-refractivity contribution in [2.75, 3.05) is 31.7 Å². The Morgan fingerprint density at radius 3 is 2.69 bits per heavy atom. The van der Waals surface area contributed by atoms with Crippen LogP contribution in [0.5, 0.6) is 0 Å². The molecule has 0 amide bonds. The van der Waals surface area contributed by atoms with Crippen molar-refractivity contribution in [2.45, 2.75) is 62.1 Å². The maximum absolute atomic E-state index is 11.7. The molecule has 35 heavy (non-hydrogen) atoms. The molecule has 1 saturated carbocycles. The van der Waals surface area contributed by atoms with Crippen molar-refractivity contribution in [3.05, 3.63) is 11.5 Å². The summed E-state index contributed by atoms with van der Waals surface area (Å²) in [5.41, 5.74) is 0.286. The standard InChI is InChI=1S/C19H29ClN5O9P/c20-19-23-16(22-10-3-1-2-4-10)11-7-21-25(17(11)24-19)18-15(28)14(27)12(34-18)8-33-13(35(29,30)31)9-32-6-5-26/h7,10,12-15,18,26-28H,1-6,8-9H2,(H,22,23,24)(H2,29,30,31)/t12-,13?,14-,15-,18-/m1/s1. The first-order chi connectivity index (χ1) is 16.7. The van der Waals surface area contributed by atoms with Crippen LogP contribution in [0.2, 0.25) is 5.28 Å². The van der Waals surface area contributed by atoms with E-state index in [-0.39, 0.29) is 30.2 Å².